The van der Waals surface area contributed by atoms with Crippen LogP contribution in [0.25, 0.3) is 10.9 Å². The minimum atomic E-state index is -1.49. The Morgan fingerprint density at radius 2 is 1.76 bits per heavy atom. The molecular weight excluding hydrogens is 460 g/mol. The monoisotopic (exact) mass is 484 g/mol. The van der Waals surface area contributed by atoms with Gasteiger partial charge in [0.15, 0.2) is 0 Å². The Balaban J connectivity index is 1.80. The zero-order valence-corrected chi connectivity index (χ0v) is 19.8. The molecule has 0 aliphatic carbocycles. The van der Waals surface area contributed by atoms with E-state index in [4.69, 9.17) is 18.9 Å². The summed E-state index contributed by atoms with van der Waals surface area (Å²) in [6.45, 7) is 0. The lowest BCUT2D eigenvalue weighted by atomic mass is 10.0. The molecule has 0 saturated carbocycles. The van der Waals surface area contributed by atoms with Crippen molar-refractivity contribution < 1.29 is 28.5 Å². The molecule has 10 nitrogen and oxygen atoms in total. The average molecular weight is 485 g/mol. The van der Waals surface area contributed by atoms with Crippen LogP contribution in [0.2, 0.25) is 0 Å². The molecule has 1 aliphatic rings. The molecule has 2 atom stereocenters. The number of rotatable bonds is 8. The second-order valence-electron chi connectivity index (χ2n) is 7.27. The van der Waals surface area contributed by atoms with Gasteiger partial charge in [0.25, 0.3) is 5.91 Å². The highest BCUT2D eigenvalue weighted by Gasteiger charge is 2.44. The van der Waals surface area contributed by atoms with Crippen LogP contribution in [0.3, 0.4) is 0 Å². The van der Waals surface area contributed by atoms with E-state index in [-0.39, 0.29) is 0 Å². The van der Waals surface area contributed by atoms with Crippen LogP contribution in [-0.2, 0) is 20.1 Å². The maximum Gasteiger partial charge on any atom is 0.338 e. The number of nitrogens with zero attached hydrogens (tertiary/aromatic N) is 2. The fourth-order valence-electron chi connectivity index (χ4n) is 3.88. The Morgan fingerprint density at radius 3 is 2.35 bits per heavy atom. The number of carbonyl (C=O) groups excluding carboxylic acids is 2. The SMILES string of the molecule is COC(=O)C(C(=O)NC1(c2c(OC)cc(OC)cc2OC)N=CSN1)n1ccc2ccccc21. The molecule has 34 heavy (non-hydrogen) atoms. The number of aliphatic imine (C=N–C) groups is 1. The van der Waals surface area contributed by atoms with E-state index in [0.29, 0.717) is 28.3 Å². The molecule has 1 amide bonds. The summed E-state index contributed by atoms with van der Waals surface area (Å²) >= 11 is 1.17. The van der Waals surface area contributed by atoms with Crippen molar-refractivity contribution in [2.24, 2.45) is 4.99 Å². The number of methoxy groups -OCH3 is 4. The van der Waals surface area contributed by atoms with Gasteiger partial charge in [-0.15, -0.1) is 0 Å². The summed E-state index contributed by atoms with van der Waals surface area (Å²) in [6.07, 6.45) is 1.67. The number of fused-ring (bicyclic) bond motifs is 1. The highest BCUT2D eigenvalue weighted by atomic mass is 32.2. The molecule has 0 radical (unpaired) electrons. The van der Waals surface area contributed by atoms with Crippen LogP contribution < -0.4 is 24.2 Å². The minimum Gasteiger partial charge on any atom is -0.496 e. The summed E-state index contributed by atoms with van der Waals surface area (Å²) in [4.78, 5) is 31.0. The number of hydrogen-bond donors (Lipinski definition) is 2. The van der Waals surface area contributed by atoms with Crippen molar-refractivity contribution in [2.45, 2.75) is 11.8 Å². The molecule has 2 aromatic carbocycles. The molecule has 1 aromatic heterocycles. The molecule has 178 valence electrons. The Bertz CT molecular complexity index is 1230. The van der Waals surface area contributed by atoms with Gasteiger partial charge in [0.05, 0.1) is 34.0 Å². The molecule has 0 fully saturated rings. The van der Waals surface area contributed by atoms with Crippen molar-refractivity contribution in [1.29, 1.82) is 0 Å². The van der Waals surface area contributed by atoms with Gasteiger partial charge in [0, 0.05) is 23.8 Å². The van der Waals surface area contributed by atoms with Crippen molar-refractivity contribution in [2.75, 3.05) is 28.4 Å². The Hall–Kier alpha value is -3.70. The van der Waals surface area contributed by atoms with Crippen molar-refractivity contribution in [3.05, 3.63) is 54.2 Å². The van der Waals surface area contributed by atoms with Gasteiger partial charge in [-0.3, -0.25) is 4.79 Å². The van der Waals surface area contributed by atoms with Gasteiger partial charge in [-0.1, -0.05) is 18.2 Å². The van der Waals surface area contributed by atoms with Crippen molar-refractivity contribution in [3.63, 3.8) is 0 Å². The smallest absolute Gasteiger partial charge is 0.338 e. The maximum atomic E-state index is 13.7. The first kappa shape index (κ1) is 23.5. The zero-order chi connectivity index (χ0) is 24.3. The van der Waals surface area contributed by atoms with Crippen LogP contribution in [0.4, 0.5) is 0 Å². The number of ether oxygens (including phenoxy) is 4. The zero-order valence-electron chi connectivity index (χ0n) is 19.0. The van der Waals surface area contributed by atoms with E-state index in [1.807, 2.05) is 30.3 Å². The number of nitrogens with one attached hydrogen (secondary N) is 2. The van der Waals surface area contributed by atoms with E-state index >= 15 is 0 Å². The number of carbonyl (C=O) groups is 2. The van der Waals surface area contributed by atoms with E-state index in [1.165, 1.54) is 40.4 Å². The number of hydrogen-bond acceptors (Lipinski definition) is 9. The molecule has 0 spiro atoms. The Kier molecular flexibility index (Phi) is 6.66. The molecule has 1 aliphatic heterocycles. The third-order valence-electron chi connectivity index (χ3n) is 5.47. The molecule has 3 aromatic rings. The summed E-state index contributed by atoms with van der Waals surface area (Å²) in [7, 11) is 5.74. The third kappa shape index (κ3) is 4.03. The predicted octanol–water partition coefficient (Wildman–Crippen LogP) is 2.59. The van der Waals surface area contributed by atoms with Crippen LogP contribution in [-0.4, -0.2) is 50.4 Å². The lowest BCUT2D eigenvalue weighted by molar-refractivity contribution is -0.149. The number of benzene rings is 2. The van der Waals surface area contributed by atoms with Crippen molar-refractivity contribution in [1.82, 2.24) is 14.6 Å². The molecule has 2 heterocycles. The average Bonchev–Trinajstić information content (AvgIpc) is 3.51. The minimum absolute atomic E-state index is 0.365. The Morgan fingerprint density at radius 1 is 1.06 bits per heavy atom. The Labute approximate surface area is 200 Å². The van der Waals surface area contributed by atoms with Gasteiger partial charge in [-0.25, -0.2) is 14.5 Å². The molecule has 2 unspecified atom stereocenters. The first-order valence-corrected chi connectivity index (χ1v) is 11.1. The van der Waals surface area contributed by atoms with Crippen LogP contribution in [0.5, 0.6) is 17.2 Å². The first-order valence-electron chi connectivity index (χ1n) is 10.2. The van der Waals surface area contributed by atoms with Crippen LogP contribution in [0.1, 0.15) is 11.6 Å². The number of para-hydroxylation sites is 1. The van der Waals surface area contributed by atoms with Crippen LogP contribution in [0.15, 0.2) is 53.7 Å². The second-order valence-corrected chi connectivity index (χ2v) is 7.92. The second kappa shape index (κ2) is 9.65. The molecular formula is C23H24N4O6S. The van der Waals surface area contributed by atoms with Gasteiger partial charge >= 0.3 is 5.97 Å². The normalized spacial score (nSPS) is 17.9. The van der Waals surface area contributed by atoms with E-state index in [0.717, 1.165) is 5.39 Å². The summed E-state index contributed by atoms with van der Waals surface area (Å²) in [5.74, 6) is -1.62. The predicted molar refractivity (Wildman–Crippen MR) is 128 cm³/mol. The number of aromatic nitrogens is 1. The summed E-state index contributed by atoms with van der Waals surface area (Å²) < 4.78 is 26.1. The quantitative estimate of drug-likeness (QED) is 0.285. The topological polar surface area (TPSA) is 112 Å². The van der Waals surface area contributed by atoms with Crippen LogP contribution in [0, 0.1) is 0 Å². The lowest BCUT2D eigenvalue weighted by Gasteiger charge is -2.32. The van der Waals surface area contributed by atoms with Gasteiger partial charge in [0.2, 0.25) is 11.8 Å². The fourth-order valence-corrected chi connectivity index (χ4v) is 4.52. The maximum absolute atomic E-state index is 13.7. The van der Waals surface area contributed by atoms with Gasteiger partial charge in [0.1, 0.15) is 22.8 Å². The summed E-state index contributed by atoms with van der Waals surface area (Å²) in [6, 6.07) is 11.3. The number of amides is 1. The fraction of sp³-hybridized carbons (Fsp3) is 0.261. The van der Waals surface area contributed by atoms with E-state index < -0.39 is 23.7 Å². The molecule has 0 bridgehead atoms. The molecule has 4 rings (SSSR count). The summed E-state index contributed by atoms with van der Waals surface area (Å²) in [5.41, 5.74) is 2.66. The molecule has 0 saturated heterocycles. The van der Waals surface area contributed by atoms with E-state index in [9.17, 15) is 9.59 Å². The highest BCUT2D eigenvalue weighted by Crippen LogP contribution is 2.43. The molecule has 2 N–H and O–H groups in total. The van der Waals surface area contributed by atoms with E-state index in [2.05, 4.69) is 15.0 Å². The molecule has 11 heteroatoms. The van der Waals surface area contributed by atoms with Crippen molar-refractivity contribution >= 4 is 40.3 Å². The van der Waals surface area contributed by atoms with Gasteiger partial charge in [-0.05, 0) is 29.5 Å². The van der Waals surface area contributed by atoms with Gasteiger partial charge < -0.3 is 28.8 Å². The summed E-state index contributed by atoms with van der Waals surface area (Å²) in [5, 5.41) is 3.75. The number of esters is 1. The van der Waals surface area contributed by atoms with Crippen molar-refractivity contribution in [3.8, 4) is 17.2 Å². The van der Waals surface area contributed by atoms with Crippen LogP contribution >= 0.6 is 11.9 Å². The largest absolute Gasteiger partial charge is 0.496 e. The standard InChI is InChI=1S/C23H24N4O6S/c1-30-15-11-17(31-2)19(18(12-15)32-3)23(24-13-34-26-23)25-21(28)20(22(29)33-4)27-10-9-14-7-5-6-8-16(14)27/h5-13,20,26H,1-4H3,(H,25,28). The van der Waals surface area contributed by atoms with Gasteiger partial charge in [-0.2, -0.15) is 0 Å². The highest BCUT2D eigenvalue weighted by molar-refractivity contribution is 8.10. The first-order chi connectivity index (χ1) is 16.5. The third-order valence-corrected chi connectivity index (χ3v) is 6.09. The van der Waals surface area contributed by atoms with E-state index in [1.54, 1.807) is 28.4 Å². The lowest BCUT2D eigenvalue weighted by Crippen LogP contribution is -2.54.